The minimum Gasteiger partial charge on any atom is -0.444 e. The second-order valence-electron chi connectivity index (χ2n) is 6.01. The molecule has 0 aromatic rings. The lowest BCUT2D eigenvalue weighted by Crippen LogP contribution is -2.66. The third-order valence-electron chi connectivity index (χ3n) is 3.46. The van der Waals surface area contributed by atoms with Crippen LogP contribution in [0.2, 0.25) is 0 Å². The van der Waals surface area contributed by atoms with Crippen LogP contribution in [-0.2, 0) is 4.74 Å². The summed E-state index contributed by atoms with van der Waals surface area (Å²) >= 11 is 0. The van der Waals surface area contributed by atoms with Crippen LogP contribution in [-0.4, -0.2) is 41.5 Å². The molecular formula is C12H23ClN2O3. The van der Waals surface area contributed by atoms with Gasteiger partial charge in [-0.1, -0.05) is 0 Å². The van der Waals surface area contributed by atoms with Gasteiger partial charge in [0.2, 0.25) is 0 Å². The van der Waals surface area contributed by atoms with E-state index in [-0.39, 0.29) is 24.5 Å². The van der Waals surface area contributed by atoms with Crippen LogP contribution in [0.15, 0.2) is 0 Å². The average Bonchev–Trinajstić information content (AvgIpc) is 2.21. The van der Waals surface area contributed by atoms with E-state index >= 15 is 0 Å². The van der Waals surface area contributed by atoms with Crippen molar-refractivity contribution in [1.82, 2.24) is 10.6 Å². The van der Waals surface area contributed by atoms with Crippen LogP contribution in [0.1, 0.15) is 33.6 Å². The summed E-state index contributed by atoms with van der Waals surface area (Å²) in [7, 11) is 0. The molecule has 5 nitrogen and oxygen atoms in total. The largest absolute Gasteiger partial charge is 0.444 e. The zero-order valence-corrected chi connectivity index (χ0v) is 11.9. The zero-order valence-electron chi connectivity index (χ0n) is 11.1. The highest BCUT2D eigenvalue weighted by molar-refractivity contribution is 5.85. The van der Waals surface area contributed by atoms with Crippen molar-refractivity contribution in [3.05, 3.63) is 0 Å². The van der Waals surface area contributed by atoms with Gasteiger partial charge in [-0.25, -0.2) is 4.79 Å². The van der Waals surface area contributed by atoms with E-state index in [1.54, 1.807) is 0 Å². The normalized spacial score (nSPS) is 34.7. The summed E-state index contributed by atoms with van der Waals surface area (Å²) in [5.41, 5.74) is -0.499. The molecule has 2 heterocycles. The van der Waals surface area contributed by atoms with Crippen LogP contribution < -0.4 is 10.6 Å². The van der Waals surface area contributed by atoms with Gasteiger partial charge in [-0.3, -0.25) is 0 Å². The Hall–Kier alpha value is -0.520. The molecule has 1 amide bonds. The first kappa shape index (κ1) is 15.5. The fraction of sp³-hybridized carbons (Fsp3) is 0.917. The Morgan fingerprint density at radius 3 is 2.50 bits per heavy atom. The van der Waals surface area contributed by atoms with E-state index in [1.165, 1.54) is 0 Å². The van der Waals surface area contributed by atoms with Crippen molar-refractivity contribution in [1.29, 1.82) is 0 Å². The standard InChI is InChI=1S/C12H22N2O3.ClH/c1-12(2,3)17-11(16)14-9-7-4-5-8(10(9)15)13-6-7;/h7-10,13,15H,4-6H2,1-3H3,(H,14,16);1H. The van der Waals surface area contributed by atoms with Gasteiger partial charge in [0.25, 0.3) is 0 Å². The Bertz CT molecular complexity index is 296. The molecule has 1 aliphatic carbocycles. The van der Waals surface area contributed by atoms with Crippen molar-refractivity contribution in [2.75, 3.05) is 6.54 Å². The van der Waals surface area contributed by atoms with Gasteiger partial charge in [0, 0.05) is 12.6 Å². The van der Waals surface area contributed by atoms with E-state index in [0.717, 1.165) is 19.4 Å². The highest BCUT2D eigenvalue weighted by Crippen LogP contribution is 2.29. The number of aliphatic hydroxyl groups excluding tert-OH is 1. The second-order valence-corrected chi connectivity index (χ2v) is 6.01. The molecule has 106 valence electrons. The fourth-order valence-electron chi connectivity index (χ4n) is 2.67. The summed E-state index contributed by atoms with van der Waals surface area (Å²) < 4.78 is 5.21. The quantitative estimate of drug-likeness (QED) is 0.670. The van der Waals surface area contributed by atoms with Crippen LogP contribution in [0.5, 0.6) is 0 Å². The van der Waals surface area contributed by atoms with Gasteiger partial charge in [0.1, 0.15) is 5.60 Å². The fourth-order valence-corrected chi connectivity index (χ4v) is 2.67. The van der Waals surface area contributed by atoms with Crippen molar-refractivity contribution in [3.63, 3.8) is 0 Å². The maximum atomic E-state index is 11.7. The number of halogens is 1. The molecule has 3 aliphatic rings. The second kappa shape index (κ2) is 5.63. The van der Waals surface area contributed by atoms with Crippen molar-refractivity contribution >= 4 is 18.5 Å². The van der Waals surface area contributed by atoms with Crippen molar-refractivity contribution in [3.8, 4) is 0 Å². The molecule has 0 radical (unpaired) electrons. The monoisotopic (exact) mass is 278 g/mol. The number of hydrogen-bond donors (Lipinski definition) is 3. The number of carbonyl (C=O) groups excluding carboxylic acids is 1. The number of carbonyl (C=O) groups is 1. The zero-order chi connectivity index (χ0) is 12.6. The Labute approximate surface area is 114 Å². The van der Waals surface area contributed by atoms with Gasteiger partial charge in [-0.15, -0.1) is 12.4 Å². The molecule has 2 saturated heterocycles. The van der Waals surface area contributed by atoms with E-state index in [1.807, 2.05) is 20.8 Å². The topological polar surface area (TPSA) is 70.6 Å². The minimum absolute atomic E-state index is 0. The molecule has 4 atom stereocenters. The number of amides is 1. The molecule has 3 rings (SSSR count). The summed E-state index contributed by atoms with van der Waals surface area (Å²) in [4.78, 5) is 11.7. The van der Waals surface area contributed by atoms with Gasteiger partial charge in [-0.2, -0.15) is 0 Å². The first-order chi connectivity index (χ1) is 7.87. The number of nitrogens with one attached hydrogen (secondary N) is 2. The van der Waals surface area contributed by atoms with E-state index in [0.29, 0.717) is 5.92 Å². The van der Waals surface area contributed by atoms with Gasteiger partial charge < -0.3 is 20.5 Å². The molecule has 1 saturated carbocycles. The first-order valence-electron chi connectivity index (χ1n) is 6.28. The molecule has 6 heteroatoms. The SMILES string of the molecule is CC(C)(C)OC(=O)NC1C2CCC(NC2)C1O.Cl. The smallest absolute Gasteiger partial charge is 0.407 e. The third-order valence-corrected chi connectivity index (χ3v) is 3.46. The van der Waals surface area contributed by atoms with Crippen molar-refractivity contribution < 1.29 is 14.6 Å². The van der Waals surface area contributed by atoms with Crippen LogP contribution in [0.4, 0.5) is 4.79 Å². The van der Waals surface area contributed by atoms with Crippen LogP contribution >= 0.6 is 12.4 Å². The number of rotatable bonds is 1. The lowest BCUT2D eigenvalue weighted by atomic mass is 9.75. The van der Waals surface area contributed by atoms with E-state index in [4.69, 9.17) is 4.74 Å². The highest BCUT2D eigenvalue weighted by atomic mass is 35.5. The predicted molar refractivity (Wildman–Crippen MR) is 70.9 cm³/mol. The maximum Gasteiger partial charge on any atom is 0.407 e. The highest BCUT2D eigenvalue weighted by Gasteiger charge is 2.43. The molecular weight excluding hydrogens is 256 g/mol. The Morgan fingerprint density at radius 1 is 1.39 bits per heavy atom. The maximum absolute atomic E-state index is 11.7. The lowest BCUT2D eigenvalue weighted by molar-refractivity contribution is -0.0132. The molecule has 4 unspecified atom stereocenters. The van der Waals surface area contributed by atoms with Crippen LogP contribution in [0.25, 0.3) is 0 Å². The van der Waals surface area contributed by atoms with E-state index < -0.39 is 17.8 Å². The van der Waals surface area contributed by atoms with Gasteiger partial charge in [0.05, 0.1) is 12.1 Å². The number of alkyl carbamates (subject to hydrolysis) is 1. The summed E-state index contributed by atoms with van der Waals surface area (Å²) in [6, 6.07) is -0.0650. The van der Waals surface area contributed by atoms with Crippen LogP contribution in [0.3, 0.4) is 0 Å². The molecule has 3 fully saturated rings. The summed E-state index contributed by atoms with van der Waals surface area (Å²) in [6.07, 6.45) is 1.09. The molecule has 0 spiro atoms. The number of ether oxygens (including phenoxy) is 1. The molecule has 0 aromatic heterocycles. The number of piperidine rings is 2. The third kappa shape index (κ3) is 3.49. The molecule has 3 N–H and O–H groups in total. The first-order valence-corrected chi connectivity index (χ1v) is 6.28. The average molecular weight is 279 g/mol. The van der Waals surface area contributed by atoms with Crippen molar-refractivity contribution in [2.24, 2.45) is 5.92 Å². The van der Waals surface area contributed by atoms with Gasteiger partial charge >= 0.3 is 6.09 Å². The number of hydrogen-bond acceptors (Lipinski definition) is 4. The molecule has 0 aromatic carbocycles. The number of aliphatic hydroxyl groups is 1. The minimum atomic E-state index is -0.505. The Kier molecular flexibility index (Phi) is 4.86. The summed E-state index contributed by atoms with van der Waals surface area (Å²) in [5, 5.41) is 16.2. The lowest BCUT2D eigenvalue weighted by Gasteiger charge is -2.46. The predicted octanol–water partition coefficient (Wildman–Crippen LogP) is 1.04. The number of fused-ring (bicyclic) bond motifs is 3. The summed E-state index contributed by atoms with van der Waals surface area (Å²) in [5.74, 6) is 0.308. The molecule has 2 bridgehead atoms. The van der Waals surface area contributed by atoms with E-state index in [2.05, 4.69) is 10.6 Å². The van der Waals surface area contributed by atoms with Gasteiger partial charge in [0.15, 0.2) is 0 Å². The Balaban J connectivity index is 0.00000162. The molecule has 2 aliphatic heterocycles. The van der Waals surface area contributed by atoms with Gasteiger partial charge in [-0.05, 0) is 39.5 Å². The summed E-state index contributed by atoms with van der Waals surface area (Å²) in [6.45, 7) is 6.36. The molecule has 18 heavy (non-hydrogen) atoms. The van der Waals surface area contributed by atoms with Crippen LogP contribution in [0, 0.1) is 5.92 Å². The van der Waals surface area contributed by atoms with E-state index in [9.17, 15) is 9.90 Å². The Morgan fingerprint density at radius 2 is 2.06 bits per heavy atom. The van der Waals surface area contributed by atoms with Crippen molar-refractivity contribution in [2.45, 2.75) is 57.4 Å².